The molecule has 0 heterocycles. The van der Waals surface area contributed by atoms with E-state index >= 15 is 0 Å². The van der Waals surface area contributed by atoms with E-state index in [4.69, 9.17) is 5.26 Å². The number of aliphatic imine (C=N–C) groups is 1. The Labute approximate surface area is 86.9 Å². The van der Waals surface area contributed by atoms with E-state index in [0.29, 0.717) is 0 Å². The number of rotatable bonds is 3. The van der Waals surface area contributed by atoms with Crippen LogP contribution in [0.2, 0.25) is 0 Å². The Balaban J connectivity index is 2.90. The van der Waals surface area contributed by atoms with E-state index in [1.54, 1.807) is 12.1 Å². The van der Waals surface area contributed by atoms with Crippen molar-refractivity contribution < 1.29 is 9.18 Å². The SMILES string of the molecule is CC(C#N)(Cc1ccc(F)cc1)N=C=O. The Bertz CT molecular complexity index is 429. The van der Waals surface area contributed by atoms with Gasteiger partial charge in [0.15, 0.2) is 5.54 Å². The summed E-state index contributed by atoms with van der Waals surface area (Å²) in [5.74, 6) is -0.337. The molecule has 0 saturated heterocycles. The average molecular weight is 204 g/mol. The van der Waals surface area contributed by atoms with Gasteiger partial charge in [-0.2, -0.15) is 10.3 Å². The van der Waals surface area contributed by atoms with Crippen molar-refractivity contribution in [2.24, 2.45) is 4.99 Å². The third-order valence-electron chi connectivity index (χ3n) is 1.99. The zero-order valence-corrected chi connectivity index (χ0v) is 8.20. The number of hydrogen-bond donors (Lipinski definition) is 0. The van der Waals surface area contributed by atoms with Crippen LogP contribution in [0, 0.1) is 17.1 Å². The molecule has 15 heavy (non-hydrogen) atoms. The summed E-state index contributed by atoms with van der Waals surface area (Å²) in [6.45, 7) is 1.53. The van der Waals surface area contributed by atoms with Crippen LogP contribution in [0.1, 0.15) is 12.5 Å². The van der Waals surface area contributed by atoms with Gasteiger partial charge >= 0.3 is 0 Å². The molecule has 0 aliphatic heterocycles. The van der Waals surface area contributed by atoms with Gasteiger partial charge in [0.05, 0.1) is 6.07 Å². The van der Waals surface area contributed by atoms with E-state index < -0.39 is 5.54 Å². The molecule has 0 saturated carbocycles. The lowest BCUT2D eigenvalue weighted by Crippen LogP contribution is -2.22. The van der Waals surface area contributed by atoms with Gasteiger partial charge in [-0.15, -0.1) is 0 Å². The summed E-state index contributed by atoms with van der Waals surface area (Å²) in [5.41, 5.74) is -0.376. The highest BCUT2D eigenvalue weighted by Crippen LogP contribution is 2.16. The van der Waals surface area contributed by atoms with E-state index in [2.05, 4.69) is 4.99 Å². The zero-order valence-electron chi connectivity index (χ0n) is 8.20. The topological polar surface area (TPSA) is 53.2 Å². The summed E-state index contributed by atoms with van der Waals surface area (Å²) < 4.78 is 12.6. The number of isocyanates is 1. The smallest absolute Gasteiger partial charge is 0.211 e. The summed E-state index contributed by atoms with van der Waals surface area (Å²) in [7, 11) is 0. The largest absolute Gasteiger partial charge is 0.236 e. The molecule has 0 aliphatic carbocycles. The Morgan fingerprint density at radius 3 is 2.53 bits per heavy atom. The second-order valence-electron chi connectivity index (χ2n) is 3.39. The summed E-state index contributed by atoms with van der Waals surface area (Å²) in [4.78, 5) is 13.6. The first-order chi connectivity index (χ1) is 7.09. The van der Waals surface area contributed by atoms with Gasteiger partial charge in [0.1, 0.15) is 5.82 Å². The second kappa shape index (κ2) is 4.50. The molecule has 0 bridgehead atoms. The molecule has 1 aromatic rings. The predicted octanol–water partition coefficient (Wildman–Crippen LogP) is 1.99. The second-order valence-corrected chi connectivity index (χ2v) is 3.39. The molecule has 3 nitrogen and oxygen atoms in total. The van der Waals surface area contributed by atoms with Crippen molar-refractivity contribution in [2.45, 2.75) is 18.9 Å². The number of nitrogens with zero attached hydrogens (tertiary/aromatic N) is 2. The van der Waals surface area contributed by atoms with E-state index in [0.717, 1.165) is 5.56 Å². The minimum Gasteiger partial charge on any atom is -0.211 e. The standard InChI is InChI=1S/C11H9FN2O/c1-11(7-13,14-8-15)6-9-2-4-10(12)5-3-9/h2-5H,6H2,1H3. The number of carbonyl (C=O) groups excluding carboxylic acids is 1. The summed E-state index contributed by atoms with van der Waals surface area (Å²) in [6, 6.07) is 7.65. The van der Waals surface area contributed by atoms with Crippen LogP contribution >= 0.6 is 0 Å². The number of hydrogen-bond acceptors (Lipinski definition) is 3. The number of halogens is 1. The summed E-state index contributed by atoms with van der Waals surface area (Å²) in [6.07, 6.45) is 1.63. The highest BCUT2D eigenvalue weighted by Gasteiger charge is 2.23. The lowest BCUT2D eigenvalue weighted by atomic mass is 9.95. The first kappa shape index (κ1) is 11.1. The van der Waals surface area contributed by atoms with Crippen LogP contribution in [0.25, 0.3) is 0 Å². The quantitative estimate of drug-likeness (QED) is 0.558. The molecule has 0 aliphatic rings. The minimum absolute atomic E-state index is 0.263. The normalized spacial score (nSPS) is 13.4. The molecule has 4 heteroatoms. The fourth-order valence-electron chi connectivity index (χ4n) is 1.20. The van der Waals surface area contributed by atoms with Crippen molar-refractivity contribution in [2.75, 3.05) is 0 Å². The Morgan fingerprint density at radius 2 is 2.07 bits per heavy atom. The molecular weight excluding hydrogens is 195 g/mol. The minimum atomic E-state index is -1.13. The summed E-state index contributed by atoms with van der Waals surface area (Å²) in [5, 5.41) is 8.84. The average Bonchev–Trinajstić information content (AvgIpc) is 2.22. The third-order valence-corrected chi connectivity index (χ3v) is 1.99. The predicted molar refractivity (Wildman–Crippen MR) is 52.2 cm³/mol. The van der Waals surface area contributed by atoms with Crippen LogP contribution in [0.15, 0.2) is 29.3 Å². The molecule has 0 aromatic heterocycles. The van der Waals surface area contributed by atoms with Crippen LogP contribution in [0.3, 0.4) is 0 Å². The monoisotopic (exact) mass is 204 g/mol. The molecule has 76 valence electrons. The fraction of sp³-hybridized carbons (Fsp3) is 0.273. The molecular formula is C11H9FN2O. The van der Waals surface area contributed by atoms with E-state index in [-0.39, 0.29) is 12.2 Å². The van der Waals surface area contributed by atoms with Gasteiger partial charge in [-0.3, -0.25) is 0 Å². The molecule has 1 unspecified atom stereocenters. The lowest BCUT2D eigenvalue weighted by molar-refractivity contribution is 0.540. The lowest BCUT2D eigenvalue weighted by Gasteiger charge is -2.13. The Morgan fingerprint density at radius 1 is 1.47 bits per heavy atom. The first-order valence-corrected chi connectivity index (χ1v) is 4.34. The Kier molecular flexibility index (Phi) is 3.33. The molecule has 1 aromatic carbocycles. The maximum absolute atomic E-state index is 12.6. The van der Waals surface area contributed by atoms with Crippen molar-refractivity contribution in [1.82, 2.24) is 0 Å². The van der Waals surface area contributed by atoms with Crippen molar-refractivity contribution in [3.63, 3.8) is 0 Å². The van der Waals surface area contributed by atoms with E-state index in [1.807, 2.05) is 6.07 Å². The third kappa shape index (κ3) is 3.01. The molecule has 1 rings (SSSR count). The first-order valence-electron chi connectivity index (χ1n) is 4.34. The van der Waals surface area contributed by atoms with Crippen molar-refractivity contribution in [3.05, 3.63) is 35.6 Å². The van der Waals surface area contributed by atoms with Crippen molar-refractivity contribution in [1.29, 1.82) is 5.26 Å². The molecule has 0 fully saturated rings. The maximum atomic E-state index is 12.6. The van der Waals surface area contributed by atoms with Crippen LogP contribution < -0.4 is 0 Å². The van der Waals surface area contributed by atoms with Crippen molar-refractivity contribution in [3.8, 4) is 6.07 Å². The molecule has 0 N–H and O–H groups in total. The highest BCUT2D eigenvalue weighted by molar-refractivity contribution is 5.37. The van der Waals surface area contributed by atoms with Gasteiger partial charge in [-0.25, -0.2) is 9.18 Å². The van der Waals surface area contributed by atoms with Gasteiger partial charge in [-0.05, 0) is 24.6 Å². The highest BCUT2D eigenvalue weighted by atomic mass is 19.1. The Hall–Kier alpha value is -1.98. The van der Waals surface area contributed by atoms with Crippen LogP contribution in [-0.2, 0) is 11.2 Å². The fourth-order valence-corrected chi connectivity index (χ4v) is 1.20. The van der Waals surface area contributed by atoms with Gasteiger partial charge < -0.3 is 0 Å². The van der Waals surface area contributed by atoms with Crippen LogP contribution in [-0.4, -0.2) is 11.6 Å². The van der Waals surface area contributed by atoms with Gasteiger partial charge in [0.2, 0.25) is 6.08 Å². The van der Waals surface area contributed by atoms with E-state index in [1.165, 1.54) is 25.1 Å². The maximum Gasteiger partial charge on any atom is 0.236 e. The van der Waals surface area contributed by atoms with Gasteiger partial charge in [0.25, 0.3) is 0 Å². The van der Waals surface area contributed by atoms with Crippen LogP contribution in [0.4, 0.5) is 4.39 Å². The zero-order chi connectivity index (χ0) is 11.3. The number of nitriles is 1. The van der Waals surface area contributed by atoms with Crippen molar-refractivity contribution >= 4 is 6.08 Å². The van der Waals surface area contributed by atoms with Gasteiger partial charge in [0, 0.05) is 6.42 Å². The summed E-state index contributed by atoms with van der Waals surface area (Å²) >= 11 is 0. The van der Waals surface area contributed by atoms with Gasteiger partial charge in [-0.1, -0.05) is 12.1 Å². The molecule has 0 spiro atoms. The molecule has 0 radical (unpaired) electrons. The molecule has 0 amide bonds. The van der Waals surface area contributed by atoms with E-state index in [9.17, 15) is 9.18 Å². The number of benzene rings is 1. The molecule has 1 atom stereocenters. The van der Waals surface area contributed by atoms with Crippen LogP contribution in [0.5, 0.6) is 0 Å².